The number of aryl methyl sites for hydroxylation is 1. The summed E-state index contributed by atoms with van der Waals surface area (Å²) >= 11 is 0. The number of allylic oxidation sites excluding steroid dienone is 1. The molecule has 0 radical (unpaired) electrons. The molecule has 0 aliphatic carbocycles. The third-order valence-corrected chi connectivity index (χ3v) is 11.7. The minimum absolute atomic E-state index is 0.900. The second-order valence-electron chi connectivity index (χ2n) is 14.6. The van der Waals surface area contributed by atoms with Gasteiger partial charge in [-0.15, -0.1) is 0 Å². The van der Waals surface area contributed by atoms with Crippen molar-refractivity contribution < 1.29 is 0 Å². The molecule has 252 valence electrons. The molecular formula is C51H33N3. The van der Waals surface area contributed by atoms with E-state index < -0.39 is 0 Å². The third kappa shape index (κ3) is 4.09. The fourth-order valence-electron chi connectivity index (χ4n) is 9.39. The highest BCUT2D eigenvalue weighted by molar-refractivity contribution is 6.34. The van der Waals surface area contributed by atoms with E-state index in [1.165, 1.54) is 92.9 Å². The molecule has 1 aliphatic rings. The van der Waals surface area contributed by atoms with Crippen LogP contribution in [0.25, 0.3) is 87.6 Å². The largest absolute Gasteiger partial charge is 0.308 e. The normalized spacial score (nSPS) is 15.6. The Hall–Kier alpha value is -6.97. The fraction of sp³-hybridized carbons (Fsp3) is 0.0392. The molecule has 54 heavy (non-hydrogen) atoms. The Morgan fingerprint density at radius 2 is 1.13 bits per heavy atom. The average Bonchev–Trinajstić information content (AvgIpc) is 3.86. The molecule has 3 aromatic heterocycles. The Morgan fingerprint density at radius 1 is 0.444 bits per heavy atom. The molecule has 0 saturated heterocycles. The first-order chi connectivity index (χ1) is 26.8. The standard InChI is InChI=1S/C51H33N3/c1-2-16-34(17-3-1)49-38-21-7-5-15-33(38)19-13-27-47(52-49)54-44-25-10-8-22-39(44)42-31-43-40-29-28-35(37-24-12-18-32-14-4-6-20-36(32)37)30-46(40)53-45-26-11-9-23-41(45)48(50(43)53)51(42)54/h1-12,14-18,20-31H,13,19H2/b47-27+,52-49-. The van der Waals surface area contributed by atoms with Crippen LogP contribution in [-0.2, 0) is 6.42 Å². The van der Waals surface area contributed by atoms with E-state index in [0.29, 0.717) is 0 Å². The lowest BCUT2D eigenvalue weighted by Gasteiger charge is -2.18. The summed E-state index contributed by atoms with van der Waals surface area (Å²) in [5.74, 6) is 0.968. The van der Waals surface area contributed by atoms with E-state index in [1.807, 2.05) is 0 Å². The van der Waals surface area contributed by atoms with Crippen molar-refractivity contribution in [3.63, 3.8) is 0 Å². The number of aromatic nitrogens is 2. The van der Waals surface area contributed by atoms with E-state index in [-0.39, 0.29) is 0 Å². The van der Waals surface area contributed by atoms with Gasteiger partial charge in [-0.05, 0) is 70.6 Å². The van der Waals surface area contributed by atoms with E-state index >= 15 is 0 Å². The van der Waals surface area contributed by atoms with Crippen LogP contribution in [0, 0.1) is 0 Å². The van der Waals surface area contributed by atoms with Gasteiger partial charge in [0.15, 0.2) is 0 Å². The number of para-hydroxylation sites is 2. The average molecular weight is 688 g/mol. The van der Waals surface area contributed by atoms with Crippen LogP contribution in [0.3, 0.4) is 0 Å². The first kappa shape index (κ1) is 29.6. The second-order valence-corrected chi connectivity index (χ2v) is 14.6. The number of hydrogen-bond acceptors (Lipinski definition) is 1. The summed E-state index contributed by atoms with van der Waals surface area (Å²) in [7, 11) is 0. The quantitative estimate of drug-likeness (QED) is 0.176. The molecule has 0 amide bonds. The molecule has 0 spiro atoms. The summed E-state index contributed by atoms with van der Waals surface area (Å²) < 4.78 is 4.98. The van der Waals surface area contributed by atoms with Crippen molar-refractivity contribution in [1.29, 1.82) is 0 Å². The summed E-state index contributed by atoms with van der Waals surface area (Å²) in [6.07, 6.45) is 4.21. The van der Waals surface area contributed by atoms with Crippen LogP contribution in [0.5, 0.6) is 0 Å². The van der Waals surface area contributed by atoms with E-state index in [1.54, 1.807) is 0 Å². The zero-order valence-corrected chi connectivity index (χ0v) is 29.5. The van der Waals surface area contributed by atoms with E-state index in [0.717, 1.165) is 29.9 Å². The lowest BCUT2D eigenvalue weighted by molar-refractivity contribution is 0.978. The first-order valence-corrected chi connectivity index (χ1v) is 18.9. The Kier molecular flexibility index (Phi) is 6.17. The number of nitrogens with zero attached hydrogens (tertiary/aromatic N) is 3. The third-order valence-electron chi connectivity index (χ3n) is 11.7. The van der Waals surface area contributed by atoms with E-state index in [2.05, 4.69) is 185 Å². The predicted molar refractivity (Wildman–Crippen MR) is 228 cm³/mol. The number of fused-ring (bicyclic) bond motifs is 12. The maximum absolute atomic E-state index is 5.67. The van der Waals surface area contributed by atoms with Gasteiger partial charge in [-0.3, -0.25) is 4.57 Å². The van der Waals surface area contributed by atoms with Crippen LogP contribution < -0.4 is 0 Å². The summed E-state index contributed by atoms with van der Waals surface area (Å²) in [6, 6.07) is 62.1. The monoisotopic (exact) mass is 687 g/mol. The van der Waals surface area contributed by atoms with Crippen LogP contribution in [-0.4, -0.2) is 14.7 Å². The molecule has 0 atom stereocenters. The second kappa shape index (κ2) is 11.3. The molecule has 0 N–H and O–H groups in total. The minimum atomic E-state index is 0.900. The van der Waals surface area contributed by atoms with Gasteiger partial charge in [-0.1, -0.05) is 146 Å². The molecular weight excluding hydrogens is 655 g/mol. The summed E-state index contributed by atoms with van der Waals surface area (Å²) in [5, 5.41) is 10.1. The highest BCUT2D eigenvalue weighted by Gasteiger charge is 2.26. The predicted octanol–water partition coefficient (Wildman–Crippen LogP) is 13.0. The topological polar surface area (TPSA) is 21.7 Å². The molecule has 8 aromatic carbocycles. The van der Waals surface area contributed by atoms with Gasteiger partial charge in [0.25, 0.3) is 0 Å². The van der Waals surface area contributed by atoms with Gasteiger partial charge in [0.05, 0.1) is 33.3 Å². The van der Waals surface area contributed by atoms with Gasteiger partial charge in [0.2, 0.25) is 0 Å². The van der Waals surface area contributed by atoms with E-state index in [4.69, 9.17) is 4.99 Å². The van der Waals surface area contributed by atoms with Gasteiger partial charge in [0.1, 0.15) is 5.82 Å². The van der Waals surface area contributed by atoms with Crippen LogP contribution in [0.1, 0.15) is 23.1 Å². The van der Waals surface area contributed by atoms with Gasteiger partial charge in [-0.25, -0.2) is 4.99 Å². The number of benzene rings is 8. The summed E-state index contributed by atoms with van der Waals surface area (Å²) in [6.45, 7) is 0. The molecule has 0 bridgehead atoms. The zero-order valence-electron chi connectivity index (χ0n) is 29.5. The Labute approximate surface area is 311 Å². The molecule has 3 nitrogen and oxygen atoms in total. The number of aliphatic imine (C=N–C) groups is 1. The van der Waals surface area contributed by atoms with Gasteiger partial charge < -0.3 is 4.40 Å². The zero-order chi connectivity index (χ0) is 35.3. The molecule has 0 unspecified atom stereocenters. The minimum Gasteiger partial charge on any atom is -0.308 e. The van der Waals surface area contributed by atoms with Crippen molar-refractivity contribution in [2.24, 2.45) is 4.99 Å². The Balaban J connectivity index is 1.21. The molecule has 12 rings (SSSR count). The Morgan fingerprint density at radius 3 is 2.04 bits per heavy atom. The van der Waals surface area contributed by atoms with Crippen molar-refractivity contribution in [2.75, 3.05) is 0 Å². The van der Waals surface area contributed by atoms with Gasteiger partial charge in [0, 0.05) is 43.4 Å². The molecule has 0 fully saturated rings. The molecule has 0 saturated carbocycles. The van der Waals surface area contributed by atoms with Crippen molar-refractivity contribution in [1.82, 2.24) is 8.97 Å². The summed E-state index contributed by atoms with van der Waals surface area (Å²) in [5.41, 5.74) is 13.3. The maximum atomic E-state index is 5.67. The van der Waals surface area contributed by atoms with Crippen LogP contribution >= 0.6 is 0 Å². The SMILES string of the molecule is C1=C(n2c3ccccc3c3cc4c5ccc(-c6cccc7ccccc67)cc5n5c6ccccc6c(c32)c45)\N=C(\c2ccccc2)c2ccccc2CC/1. The van der Waals surface area contributed by atoms with Gasteiger partial charge >= 0.3 is 0 Å². The first-order valence-electron chi connectivity index (χ1n) is 18.9. The van der Waals surface area contributed by atoms with Crippen molar-refractivity contribution in [3.8, 4) is 11.1 Å². The Bertz CT molecular complexity index is 3370. The van der Waals surface area contributed by atoms with Gasteiger partial charge in [-0.2, -0.15) is 0 Å². The highest BCUT2D eigenvalue weighted by atomic mass is 15.1. The lowest BCUT2D eigenvalue weighted by atomic mass is 9.94. The lowest BCUT2D eigenvalue weighted by Crippen LogP contribution is -2.11. The molecule has 3 heteroatoms. The fourth-order valence-corrected chi connectivity index (χ4v) is 9.39. The molecule has 1 aliphatic heterocycles. The van der Waals surface area contributed by atoms with Crippen LogP contribution in [0.2, 0.25) is 0 Å². The van der Waals surface area contributed by atoms with Crippen LogP contribution in [0.15, 0.2) is 181 Å². The molecule has 11 aromatic rings. The molecule has 4 heterocycles. The van der Waals surface area contributed by atoms with E-state index in [9.17, 15) is 0 Å². The number of hydrogen-bond donors (Lipinski definition) is 0. The summed E-state index contributed by atoms with van der Waals surface area (Å²) in [4.78, 5) is 5.67. The van der Waals surface area contributed by atoms with Crippen molar-refractivity contribution in [2.45, 2.75) is 12.8 Å². The van der Waals surface area contributed by atoms with Crippen LogP contribution in [0.4, 0.5) is 0 Å². The maximum Gasteiger partial charge on any atom is 0.134 e. The highest BCUT2D eigenvalue weighted by Crippen LogP contribution is 2.47. The van der Waals surface area contributed by atoms with Crippen molar-refractivity contribution in [3.05, 3.63) is 193 Å². The smallest absolute Gasteiger partial charge is 0.134 e. The van der Waals surface area contributed by atoms with Crippen molar-refractivity contribution >= 4 is 82.2 Å². The number of rotatable bonds is 3.